The van der Waals surface area contributed by atoms with Crippen LogP contribution >= 0.6 is 0 Å². The van der Waals surface area contributed by atoms with E-state index in [1.807, 2.05) is 18.2 Å². The molecule has 116 valence electrons. The van der Waals surface area contributed by atoms with Gasteiger partial charge in [-0.25, -0.2) is 0 Å². The lowest BCUT2D eigenvalue weighted by atomic mass is 9.84. The molecule has 2 rings (SSSR count). The number of alkyl halides is 3. The largest absolute Gasteiger partial charge is 0.404 e. The van der Waals surface area contributed by atoms with E-state index in [-0.39, 0.29) is 19.5 Å². The molecule has 1 N–H and O–H groups in total. The van der Waals surface area contributed by atoms with Gasteiger partial charge in [-0.05, 0) is 25.5 Å². The third-order valence-corrected chi connectivity index (χ3v) is 4.29. The number of rotatable bonds is 3. The minimum Gasteiger partial charge on any atom is -0.338 e. The van der Waals surface area contributed by atoms with Crippen LogP contribution in [0.2, 0.25) is 0 Å². The van der Waals surface area contributed by atoms with Gasteiger partial charge in [0.25, 0.3) is 0 Å². The number of benzene rings is 1. The maximum Gasteiger partial charge on any atom is 0.404 e. The predicted molar refractivity (Wildman–Crippen MR) is 73.6 cm³/mol. The summed E-state index contributed by atoms with van der Waals surface area (Å²) in [6.45, 7) is 1.60. The van der Waals surface area contributed by atoms with E-state index in [0.29, 0.717) is 0 Å². The topological polar surface area (TPSA) is 32.3 Å². The second-order valence-electron chi connectivity index (χ2n) is 5.51. The Bertz CT molecular complexity index is 495. The SMILES string of the molecule is CC(c1ccccc1)N(C)C(=O)C1(C(F)(F)F)CCNC1. The fourth-order valence-electron chi connectivity index (χ4n) is 2.71. The lowest BCUT2D eigenvalue weighted by Gasteiger charge is -2.36. The van der Waals surface area contributed by atoms with Gasteiger partial charge < -0.3 is 10.2 Å². The van der Waals surface area contributed by atoms with Crippen molar-refractivity contribution < 1.29 is 18.0 Å². The molecule has 1 saturated heterocycles. The number of nitrogens with one attached hydrogen (secondary N) is 1. The zero-order valence-corrected chi connectivity index (χ0v) is 12.1. The summed E-state index contributed by atoms with van der Waals surface area (Å²) < 4.78 is 40.2. The summed E-state index contributed by atoms with van der Waals surface area (Å²) in [6.07, 6.45) is -4.75. The molecular weight excluding hydrogens is 281 g/mol. The van der Waals surface area contributed by atoms with Crippen LogP contribution in [0.3, 0.4) is 0 Å². The second-order valence-corrected chi connectivity index (χ2v) is 5.51. The molecule has 1 aromatic carbocycles. The molecule has 1 amide bonds. The minimum atomic E-state index is -4.54. The quantitative estimate of drug-likeness (QED) is 0.931. The molecule has 2 unspecified atom stereocenters. The highest BCUT2D eigenvalue weighted by Gasteiger charge is 2.62. The first kappa shape index (κ1) is 15.8. The van der Waals surface area contributed by atoms with Gasteiger partial charge in [0.05, 0.1) is 6.04 Å². The number of carbonyl (C=O) groups is 1. The average molecular weight is 300 g/mol. The van der Waals surface area contributed by atoms with Crippen molar-refractivity contribution >= 4 is 5.91 Å². The summed E-state index contributed by atoms with van der Waals surface area (Å²) in [6, 6.07) is 8.65. The summed E-state index contributed by atoms with van der Waals surface area (Å²) in [5.41, 5.74) is -1.48. The van der Waals surface area contributed by atoms with Crippen LogP contribution in [0.15, 0.2) is 30.3 Å². The van der Waals surface area contributed by atoms with Crippen LogP contribution in [0, 0.1) is 5.41 Å². The monoisotopic (exact) mass is 300 g/mol. The Labute approximate surface area is 122 Å². The smallest absolute Gasteiger partial charge is 0.338 e. The number of nitrogens with zero attached hydrogens (tertiary/aromatic N) is 1. The van der Waals surface area contributed by atoms with Gasteiger partial charge in [-0.1, -0.05) is 30.3 Å². The van der Waals surface area contributed by atoms with E-state index in [4.69, 9.17) is 0 Å². The molecule has 1 aliphatic rings. The highest BCUT2D eigenvalue weighted by Crippen LogP contribution is 2.45. The molecule has 21 heavy (non-hydrogen) atoms. The Hall–Kier alpha value is -1.56. The maximum atomic E-state index is 13.4. The number of amides is 1. The molecule has 0 aliphatic carbocycles. The first-order valence-corrected chi connectivity index (χ1v) is 6.89. The Balaban J connectivity index is 2.26. The highest BCUT2D eigenvalue weighted by molar-refractivity contribution is 5.84. The lowest BCUT2D eigenvalue weighted by molar-refractivity contribution is -0.222. The summed E-state index contributed by atoms with van der Waals surface area (Å²) in [4.78, 5) is 13.7. The average Bonchev–Trinajstić information content (AvgIpc) is 2.96. The van der Waals surface area contributed by atoms with Gasteiger partial charge >= 0.3 is 6.18 Å². The molecule has 0 bridgehead atoms. The molecule has 0 saturated carbocycles. The molecule has 1 fully saturated rings. The maximum absolute atomic E-state index is 13.4. The molecule has 0 radical (unpaired) electrons. The predicted octanol–water partition coefficient (Wildman–Crippen LogP) is 2.75. The van der Waals surface area contributed by atoms with Crippen molar-refractivity contribution in [1.82, 2.24) is 10.2 Å². The molecule has 2 atom stereocenters. The highest BCUT2D eigenvalue weighted by atomic mass is 19.4. The van der Waals surface area contributed by atoms with Crippen LogP contribution in [0.4, 0.5) is 13.2 Å². The molecule has 0 spiro atoms. The van der Waals surface area contributed by atoms with Crippen molar-refractivity contribution in [1.29, 1.82) is 0 Å². The van der Waals surface area contributed by atoms with Gasteiger partial charge in [0.1, 0.15) is 0 Å². The first-order valence-electron chi connectivity index (χ1n) is 6.89. The molecule has 6 heteroatoms. The van der Waals surface area contributed by atoms with Crippen LogP contribution in [0.5, 0.6) is 0 Å². The molecule has 3 nitrogen and oxygen atoms in total. The van der Waals surface area contributed by atoms with Crippen molar-refractivity contribution in [2.75, 3.05) is 20.1 Å². The van der Waals surface area contributed by atoms with Gasteiger partial charge in [0.2, 0.25) is 5.91 Å². The second kappa shape index (κ2) is 5.67. The van der Waals surface area contributed by atoms with Crippen LogP contribution in [-0.2, 0) is 4.79 Å². The van der Waals surface area contributed by atoms with Crippen LogP contribution < -0.4 is 5.32 Å². The number of hydrogen-bond acceptors (Lipinski definition) is 2. The molecular formula is C15H19F3N2O. The van der Waals surface area contributed by atoms with Crippen LogP contribution in [0.1, 0.15) is 24.9 Å². The Morgan fingerprint density at radius 2 is 1.95 bits per heavy atom. The third-order valence-electron chi connectivity index (χ3n) is 4.29. The van der Waals surface area contributed by atoms with Crippen LogP contribution in [0.25, 0.3) is 0 Å². The normalized spacial score (nSPS) is 23.9. The standard InChI is InChI=1S/C15H19F3N2O/c1-11(12-6-4-3-5-7-12)20(2)13(21)14(15(16,17)18)8-9-19-10-14/h3-7,11,19H,8-10H2,1-2H3. The fraction of sp³-hybridized carbons (Fsp3) is 0.533. The minimum absolute atomic E-state index is 0.207. The van der Waals surface area contributed by atoms with Crippen molar-refractivity contribution in [2.45, 2.75) is 25.6 Å². The van der Waals surface area contributed by atoms with Gasteiger partial charge in [-0.15, -0.1) is 0 Å². The summed E-state index contributed by atoms with van der Waals surface area (Å²) in [7, 11) is 1.44. The van der Waals surface area contributed by atoms with E-state index in [1.54, 1.807) is 19.1 Å². The van der Waals surface area contributed by atoms with E-state index >= 15 is 0 Å². The van der Waals surface area contributed by atoms with Crippen molar-refractivity contribution in [3.05, 3.63) is 35.9 Å². The molecule has 1 heterocycles. The summed E-state index contributed by atoms with van der Waals surface area (Å²) >= 11 is 0. The van der Waals surface area contributed by atoms with Gasteiger partial charge in [-0.2, -0.15) is 13.2 Å². The molecule has 1 aliphatic heterocycles. The Kier molecular flexibility index (Phi) is 4.27. The number of carbonyl (C=O) groups excluding carboxylic acids is 1. The summed E-state index contributed by atoms with van der Waals surface area (Å²) in [5.74, 6) is -0.864. The number of hydrogen-bond donors (Lipinski definition) is 1. The zero-order valence-electron chi connectivity index (χ0n) is 12.1. The van der Waals surface area contributed by atoms with Crippen molar-refractivity contribution in [3.8, 4) is 0 Å². The Morgan fingerprint density at radius 1 is 1.33 bits per heavy atom. The van der Waals surface area contributed by atoms with E-state index in [9.17, 15) is 18.0 Å². The molecule has 0 aromatic heterocycles. The third kappa shape index (κ3) is 2.77. The van der Waals surface area contributed by atoms with E-state index in [0.717, 1.165) is 5.56 Å². The van der Waals surface area contributed by atoms with E-state index in [2.05, 4.69) is 5.32 Å². The van der Waals surface area contributed by atoms with E-state index in [1.165, 1.54) is 11.9 Å². The summed E-state index contributed by atoms with van der Waals surface area (Å²) in [5, 5.41) is 2.67. The van der Waals surface area contributed by atoms with Gasteiger partial charge in [0, 0.05) is 13.6 Å². The van der Waals surface area contributed by atoms with Crippen LogP contribution in [-0.4, -0.2) is 37.1 Å². The van der Waals surface area contributed by atoms with Gasteiger partial charge in [0.15, 0.2) is 5.41 Å². The molecule has 1 aromatic rings. The van der Waals surface area contributed by atoms with Crippen molar-refractivity contribution in [3.63, 3.8) is 0 Å². The Morgan fingerprint density at radius 3 is 2.43 bits per heavy atom. The first-order chi connectivity index (χ1) is 9.79. The van der Waals surface area contributed by atoms with Gasteiger partial charge in [-0.3, -0.25) is 4.79 Å². The van der Waals surface area contributed by atoms with E-state index < -0.39 is 23.5 Å². The zero-order chi connectivity index (χ0) is 15.7. The van der Waals surface area contributed by atoms with Crippen molar-refractivity contribution in [2.24, 2.45) is 5.41 Å². The fourth-order valence-corrected chi connectivity index (χ4v) is 2.71. The lowest BCUT2D eigenvalue weighted by Crippen LogP contribution is -2.53. The number of halogens is 3.